The lowest BCUT2D eigenvalue weighted by Crippen LogP contribution is -2.65. The van der Waals surface area contributed by atoms with Crippen LogP contribution in [0.1, 0.15) is 70.8 Å². The highest BCUT2D eigenvalue weighted by atomic mass is 32.2. The minimum absolute atomic E-state index is 0.0201. The predicted molar refractivity (Wildman–Crippen MR) is 175 cm³/mol. The van der Waals surface area contributed by atoms with Crippen LogP contribution in [0, 0.1) is 11.3 Å². The Hall–Kier alpha value is -1.56. The molecule has 43 heavy (non-hydrogen) atoms. The van der Waals surface area contributed by atoms with Crippen LogP contribution in [0.2, 0.25) is 0 Å². The van der Waals surface area contributed by atoms with Gasteiger partial charge in [0, 0.05) is 56.7 Å². The standard InChI is InChI=1S/C33H50N4O4S2/c1-4-42-29(43-5-2)27(20-34-19-25-9-7-6-8-10-25)22-37(40)28-11-15-32(16-12-28)23-33(24-32)30(38)35(3)31(39)36(33)21-26-13-17-41-18-14-26/h6-10,26,28,34,40H,4-5,11-24H2,1-3H3. The van der Waals surface area contributed by atoms with Crippen molar-refractivity contribution in [2.75, 3.05) is 51.4 Å². The maximum atomic E-state index is 13.4. The average Bonchev–Trinajstić information content (AvgIpc) is 3.18. The number of hydroxylamine groups is 2. The Kier molecular flexibility index (Phi) is 11.2. The zero-order valence-electron chi connectivity index (χ0n) is 26.2. The summed E-state index contributed by atoms with van der Waals surface area (Å²) in [5.41, 5.74) is 1.93. The molecular weight excluding hydrogens is 581 g/mol. The van der Waals surface area contributed by atoms with Gasteiger partial charge in [-0.2, -0.15) is 5.06 Å². The summed E-state index contributed by atoms with van der Waals surface area (Å²) in [6.07, 6.45) is 7.20. The van der Waals surface area contributed by atoms with E-state index in [1.54, 1.807) is 12.1 Å². The fourth-order valence-corrected chi connectivity index (χ4v) is 9.94. The molecule has 2 spiro atoms. The molecule has 5 rings (SSSR count). The van der Waals surface area contributed by atoms with Crippen molar-refractivity contribution in [2.24, 2.45) is 11.3 Å². The quantitative estimate of drug-likeness (QED) is 0.204. The zero-order valence-corrected chi connectivity index (χ0v) is 27.8. The van der Waals surface area contributed by atoms with Gasteiger partial charge >= 0.3 is 6.03 Å². The predicted octanol–water partition coefficient (Wildman–Crippen LogP) is 5.97. The van der Waals surface area contributed by atoms with Gasteiger partial charge < -0.3 is 20.2 Å². The van der Waals surface area contributed by atoms with Crippen LogP contribution >= 0.6 is 23.5 Å². The number of imide groups is 1. The molecule has 2 heterocycles. The van der Waals surface area contributed by atoms with Gasteiger partial charge in [0.1, 0.15) is 5.54 Å². The third-order valence-electron chi connectivity index (χ3n) is 9.99. The minimum Gasteiger partial charge on any atom is -0.381 e. The summed E-state index contributed by atoms with van der Waals surface area (Å²) in [5.74, 6) is 2.39. The summed E-state index contributed by atoms with van der Waals surface area (Å²) >= 11 is 3.74. The van der Waals surface area contributed by atoms with Gasteiger partial charge in [-0.05, 0) is 85.3 Å². The number of hydrogen-bond acceptors (Lipinski definition) is 8. The SMILES string of the molecule is CCSC(SCC)=C(CNCc1ccccc1)CN(O)C1CCC2(CC1)CC1(C2)C(=O)N(C)C(=O)N1CC1CCOCC1. The highest BCUT2D eigenvalue weighted by molar-refractivity contribution is 8.22. The van der Waals surface area contributed by atoms with E-state index in [-0.39, 0.29) is 23.4 Å². The van der Waals surface area contributed by atoms with E-state index in [2.05, 4.69) is 43.4 Å². The van der Waals surface area contributed by atoms with E-state index in [1.165, 1.54) is 20.3 Å². The van der Waals surface area contributed by atoms with Crippen molar-refractivity contribution in [1.29, 1.82) is 0 Å². The summed E-state index contributed by atoms with van der Waals surface area (Å²) in [4.78, 5) is 29.8. The molecule has 4 aliphatic rings. The second-order valence-corrected chi connectivity index (χ2v) is 15.7. The lowest BCUT2D eigenvalue weighted by atomic mass is 9.51. The molecule has 238 valence electrons. The Morgan fingerprint density at radius 2 is 1.70 bits per heavy atom. The zero-order chi connectivity index (χ0) is 30.5. The molecule has 8 nitrogen and oxygen atoms in total. The van der Waals surface area contributed by atoms with E-state index < -0.39 is 5.54 Å². The Labute approximate surface area is 266 Å². The van der Waals surface area contributed by atoms with Crippen LogP contribution in [0.15, 0.2) is 40.1 Å². The molecule has 4 fully saturated rings. The number of ether oxygens (including phenoxy) is 1. The molecule has 0 bridgehead atoms. The Morgan fingerprint density at radius 1 is 1.05 bits per heavy atom. The van der Waals surface area contributed by atoms with E-state index in [0.29, 0.717) is 19.0 Å². The van der Waals surface area contributed by atoms with Crippen molar-refractivity contribution < 1.29 is 19.5 Å². The molecule has 2 aliphatic heterocycles. The van der Waals surface area contributed by atoms with Crippen LogP contribution in [-0.2, 0) is 16.1 Å². The second kappa shape index (κ2) is 14.7. The summed E-state index contributed by atoms with van der Waals surface area (Å²) in [5, 5.41) is 16.6. The molecule has 0 atom stereocenters. The molecule has 1 aromatic carbocycles. The number of urea groups is 1. The molecule has 0 unspecified atom stereocenters. The van der Waals surface area contributed by atoms with Gasteiger partial charge in [-0.1, -0.05) is 44.2 Å². The fraction of sp³-hybridized carbons (Fsp3) is 0.697. The lowest BCUT2D eigenvalue weighted by molar-refractivity contribution is -0.163. The van der Waals surface area contributed by atoms with E-state index in [1.807, 2.05) is 34.5 Å². The Balaban J connectivity index is 1.19. The first-order valence-corrected chi connectivity index (χ1v) is 18.1. The van der Waals surface area contributed by atoms with Crippen LogP contribution in [0.3, 0.4) is 0 Å². The summed E-state index contributed by atoms with van der Waals surface area (Å²) in [6, 6.07) is 10.4. The first-order chi connectivity index (χ1) is 20.8. The highest BCUT2D eigenvalue weighted by Crippen LogP contribution is 2.61. The van der Waals surface area contributed by atoms with Crippen LogP contribution in [0.25, 0.3) is 0 Å². The number of rotatable bonds is 13. The number of nitrogens with one attached hydrogen (secondary N) is 1. The van der Waals surface area contributed by atoms with Crippen LogP contribution in [0.5, 0.6) is 0 Å². The summed E-state index contributed by atoms with van der Waals surface area (Å²) in [6.45, 7) is 8.58. The normalized spacial score (nSPS) is 27.9. The highest BCUT2D eigenvalue weighted by Gasteiger charge is 2.67. The monoisotopic (exact) mass is 630 g/mol. The van der Waals surface area contributed by atoms with Gasteiger partial charge in [0.05, 0.1) is 0 Å². The maximum Gasteiger partial charge on any atom is 0.327 e. The lowest BCUT2D eigenvalue weighted by Gasteiger charge is -2.59. The molecule has 2 N–H and O–H groups in total. The summed E-state index contributed by atoms with van der Waals surface area (Å²) < 4.78 is 6.85. The molecule has 2 saturated heterocycles. The van der Waals surface area contributed by atoms with Crippen LogP contribution in [-0.4, -0.2) is 95.0 Å². The van der Waals surface area contributed by atoms with Crippen molar-refractivity contribution in [3.05, 3.63) is 45.7 Å². The third kappa shape index (κ3) is 7.31. The van der Waals surface area contributed by atoms with Crippen molar-refractivity contribution in [3.8, 4) is 0 Å². The molecule has 2 aliphatic carbocycles. The number of thioether (sulfide) groups is 2. The fourth-order valence-electron chi connectivity index (χ4n) is 7.70. The molecule has 3 amide bonds. The first kappa shape index (κ1) is 32.8. The van der Waals surface area contributed by atoms with E-state index >= 15 is 0 Å². The van der Waals surface area contributed by atoms with Gasteiger partial charge in [-0.25, -0.2) is 4.79 Å². The van der Waals surface area contributed by atoms with E-state index in [0.717, 1.165) is 89.2 Å². The number of benzene rings is 1. The average molecular weight is 631 g/mol. The number of hydrogen-bond donors (Lipinski definition) is 2. The molecule has 2 saturated carbocycles. The van der Waals surface area contributed by atoms with Crippen molar-refractivity contribution >= 4 is 35.5 Å². The van der Waals surface area contributed by atoms with Gasteiger partial charge in [0.25, 0.3) is 5.91 Å². The topological polar surface area (TPSA) is 85.3 Å². The number of carbonyl (C=O) groups excluding carboxylic acids is 2. The molecular formula is C33H50N4O4S2. The molecule has 1 aromatic rings. The molecule has 0 aromatic heterocycles. The molecule has 0 radical (unpaired) electrons. The van der Waals surface area contributed by atoms with Gasteiger partial charge in [0.2, 0.25) is 0 Å². The van der Waals surface area contributed by atoms with Gasteiger partial charge in [0.15, 0.2) is 0 Å². The Bertz CT molecular complexity index is 1120. The van der Waals surface area contributed by atoms with Gasteiger partial charge in [-0.15, -0.1) is 23.5 Å². The first-order valence-electron chi connectivity index (χ1n) is 16.2. The van der Waals surface area contributed by atoms with E-state index in [4.69, 9.17) is 4.74 Å². The summed E-state index contributed by atoms with van der Waals surface area (Å²) in [7, 11) is 1.64. The van der Waals surface area contributed by atoms with E-state index in [9.17, 15) is 14.8 Å². The number of amides is 3. The Morgan fingerprint density at radius 3 is 2.33 bits per heavy atom. The van der Waals surface area contributed by atoms with Crippen molar-refractivity contribution in [3.63, 3.8) is 0 Å². The minimum atomic E-state index is -0.667. The maximum absolute atomic E-state index is 13.4. The van der Waals surface area contributed by atoms with Crippen LogP contribution in [0.4, 0.5) is 4.79 Å². The van der Waals surface area contributed by atoms with Crippen molar-refractivity contribution in [1.82, 2.24) is 20.2 Å². The number of carbonyl (C=O) groups is 2. The third-order valence-corrected chi connectivity index (χ3v) is 12.4. The second-order valence-electron chi connectivity index (χ2n) is 12.9. The van der Waals surface area contributed by atoms with Gasteiger partial charge in [-0.3, -0.25) is 9.69 Å². The number of nitrogens with zero attached hydrogens (tertiary/aromatic N) is 3. The smallest absolute Gasteiger partial charge is 0.327 e. The largest absolute Gasteiger partial charge is 0.381 e. The number of likely N-dealkylation sites (N-methyl/N-ethyl adjacent to an activating group) is 1. The van der Waals surface area contributed by atoms with Crippen LogP contribution < -0.4 is 5.32 Å². The molecule has 10 heteroatoms. The van der Waals surface area contributed by atoms with Crippen molar-refractivity contribution in [2.45, 2.75) is 83.3 Å².